The van der Waals surface area contributed by atoms with Gasteiger partial charge in [0.05, 0.1) is 16.8 Å². The van der Waals surface area contributed by atoms with Gasteiger partial charge in [0.15, 0.2) is 0 Å². The van der Waals surface area contributed by atoms with Gasteiger partial charge in [-0.3, -0.25) is 0 Å². The van der Waals surface area contributed by atoms with Crippen LogP contribution in [0.2, 0.25) is 0 Å². The first-order chi connectivity index (χ1) is 13.3. The van der Waals surface area contributed by atoms with E-state index in [4.69, 9.17) is 19.8 Å². The van der Waals surface area contributed by atoms with Crippen molar-refractivity contribution in [1.82, 2.24) is 4.90 Å². The van der Waals surface area contributed by atoms with E-state index in [0.717, 1.165) is 13.1 Å². The van der Waals surface area contributed by atoms with Gasteiger partial charge in [-0.05, 0) is 44.5 Å². The van der Waals surface area contributed by atoms with Crippen molar-refractivity contribution >= 4 is 0 Å². The second-order valence-electron chi connectivity index (χ2n) is 4.52. The Kier molecular flexibility index (Phi) is 1.79. The molecule has 19 heavy (non-hydrogen) atoms. The number of hydrogen-bond acceptors (Lipinski definition) is 3. The highest BCUT2D eigenvalue weighted by molar-refractivity contribution is 5.33. The second kappa shape index (κ2) is 5.93. The summed E-state index contributed by atoms with van der Waals surface area (Å²) in [6.07, 6.45) is -3.02. The highest BCUT2D eigenvalue weighted by Gasteiger charge is 2.40. The highest BCUT2D eigenvalue weighted by atomic mass is 16.5. The molecule has 2 rings (SSSR count). The maximum Gasteiger partial charge on any atom is 0.119 e. The fourth-order valence-electron chi connectivity index (χ4n) is 2.22. The molecular formula is C16H25NO2. The molecule has 3 nitrogen and oxygen atoms in total. The normalized spacial score (nSPS) is 44.7. The van der Waals surface area contributed by atoms with Gasteiger partial charge in [0.1, 0.15) is 5.75 Å². The van der Waals surface area contributed by atoms with Gasteiger partial charge in [-0.2, -0.15) is 0 Å². The van der Waals surface area contributed by atoms with Crippen LogP contribution >= 0.6 is 0 Å². The van der Waals surface area contributed by atoms with E-state index in [1.165, 1.54) is 18.2 Å². The van der Waals surface area contributed by atoms with Crippen molar-refractivity contribution in [2.24, 2.45) is 5.89 Å². The predicted molar refractivity (Wildman–Crippen MR) is 77.4 cm³/mol. The zero-order chi connectivity index (χ0) is 23.4. The van der Waals surface area contributed by atoms with E-state index in [0.29, 0.717) is 4.90 Å². The summed E-state index contributed by atoms with van der Waals surface area (Å²) < 4.78 is 91.8. The van der Waals surface area contributed by atoms with Crippen molar-refractivity contribution in [3.8, 4) is 5.75 Å². The quantitative estimate of drug-likeness (QED) is 0.916. The first-order valence-electron chi connectivity index (χ1n) is 11.6. The zero-order valence-electron chi connectivity index (χ0n) is 21.7. The minimum Gasteiger partial charge on any atom is -0.497 e. The molecule has 0 spiro atoms. The summed E-state index contributed by atoms with van der Waals surface area (Å²) in [6, 6.07) is 4.85. The van der Waals surface area contributed by atoms with Crippen LogP contribution in [0.1, 0.15) is 46.3 Å². The summed E-state index contributed by atoms with van der Waals surface area (Å²) in [5.41, 5.74) is -3.08. The van der Waals surface area contributed by atoms with Crippen LogP contribution in [-0.2, 0) is 5.60 Å². The van der Waals surface area contributed by atoms with E-state index in [9.17, 15) is 5.11 Å². The van der Waals surface area contributed by atoms with Crippen LogP contribution in [0.4, 0.5) is 0 Å². The molecule has 1 aromatic carbocycles. The van der Waals surface area contributed by atoms with E-state index in [2.05, 4.69) is 0 Å². The average molecular weight is 274 g/mol. The van der Waals surface area contributed by atoms with Gasteiger partial charge >= 0.3 is 0 Å². The lowest BCUT2D eigenvalue weighted by Gasteiger charge is -2.41. The number of rotatable bonds is 4. The maximum absolute atomic E-state index is 11.7. The third-order valence-corrected chi connectivity index (χ3v) is 3.09. The molecule has 106 valence electrons. The number of hydrogen-bond donors (Lipinski definition) is 1. The van der Waals surface area contributed by atoms with Crippen LogP contribution in [-0.4, -0.2) is 37.6 Å². The highest BCUT2D eigenvalue weighted by Crippen LogP contribution is 2.42. The topological polar surface area (TPSA) is 32.7 Å². The van der Waals surface area contributed by atoms with E-state index in [1.54, 1.807) is 0 Å². The van der Waals surface area contributed by atoms with Crippen LogP contribution in [0.3, 0.4) is 0 Å². The minimum absolute atomic E-state index is 0.0403. The fraction of sp³-hybridized carbons (Fsp3) is 0.625. The largest absolute Gasteiger partial charge is 0.497 e. The standard InChI is InChI=1S/C16H25NO2/c1-17(2)12-14-7-4-5-10-16(14,18)13-8-6-9-15(11-13)19-3/h6,8-9,11,14,18H,4-5,7,10,12H2,1-3H3/t14-,16+/m0/s1/i1D3,3D3,10D2,12D2,14D. The SMILES string of the molecule is [2H]C([2H])([2H])Oc1cccc([C@]2(O)C([2H])([2H])CCC[C@@]2([2H])C([2H])([2H])N(C)C([2H])([2H])[2H])c1. The van der Waals surface area contributed by atoms with Crippen molar-refractivity contribution in [3.05, 3.63) is 29.8 Å². The first kappa shape index (κ1) is 5.74. The lowest BCUT2D eigenvalue weighted by Crippen LogP contribution is -2.43. The molecule has 0 unspecified atom stereocenters. The van der Waals surface area contributed by atoms with Crippen LogP contribution in [0.15, 0.2) is 24.3 Å². The van der Waals surface area contributed by atoms with E-state index >= 15 is 0 Å². The summed E-state index contributed by atoms with van der Waals surface area (Å²) in [5.74, 6) is -2.88. The van der Waals surface area contributed by atoms with Gasteiger partial charge in [0.25, 0.3) is 0 Å². The molecule has 0 amide bonds. The van der Waals surface area contributed by atoms with Gasteiger partial charge in [-0.15, -0.1) is 0 Å². The molecule has 1 N–H and O–H groups in total. The smallest absolute Gasteiger partial charge is 0.119 e. The molecule has 1 fully saturated rings. The van der Waals surface area contributed by atoms with Crippen LogP contribution < -0.4 is 4.74 Å². The molecule has 1 aliphatic rings. The monoisotopic (exact) mass is 274 g/mol. The number of aliphatic hydroxyl groups is 1. The van der Waals surface area contributed by atoms with Gasteiger partial charge < -0.3 is 14.7 Å². The summed E-state index contributed by atoms with van der Waals surface area (Å²) in [7, 11) is -1.87. The molecule has 0 aromatic heterocycles. The van der Waals surface area contributed by atoms with Crippen molar-refractivity contribution < 1.29 is 24.9 Å². The predicted octanol–water partition coefficient (Wildman–Crippen LogP) is 2.63. The van der Waals surface area contributed by atoms with Gasteiger partial charge in [-0.25, -0.2) is 0 Å². The summed E-state index contributed by atoms with van der Waals surface area (Å²) in [5, 5.41) is 11.7. The molecule has 0 radical (unpaired) electrons. The molecular weight excluding hydrogens is 238 g/mol. The summed E-state index contributed by atoms with van der Waals surface area (Å²) in [4.78, 5) is 0.335. The van der Waals surface area contributed by atoms with Gasteiger partial charge in [0, 0.05) is 23.4 Å². The second-order valence-corrected chi connectivity index (χ2v) is 4.52. The van der Waals surface area contributed by atoms with Crippen LogP contribution in [0.5, 0.6) is 5.75 Å². The van der Waals surface area contributed by atoms with E-state index < -0.39 is 38.4 Å². The third kappa shape index (κ3) is 3.10. The molecule has 3 heteroatoms. The fourth-order valence-corrected chi connectivity index (χ4v) is 2.22. The number of benzene rings is 1. The lowest BCUT2D eigenvalue weighted by atomic mass is 9.71. The molecule has 0 heterocycles. The molecule has 0 saturated heterocycles. The molecule has 0 aliphatic heterocycles. The Morgan fingerprint density at radius 1 is 1.68 bits per heavy atom. The lowest BCUT2D eigenvalue weighted by molar-refractivity contribution is -0.0619. The van der Waals surface area contributed by atoms with Crippen LogP contribution in [0.25, 0.3) is 0 Å². The molecule has 0 bridgehead atoms. The number of nitrogens with zero attached hydrogens (tertiary/aromatic N) is 1. The Hall–Kier alpha value is -1.06. The molecule has 2 atom stereocenters. The Morgan fingerprint density at radius 3 is 3.37 bits per heavy atom. The van der Waals surface area contributed by atoms with Crippen molar-refractivity contribution in [3.63, 3.8) is 0 Å². The Bertz CT molecular complexity index is 779. The Labute approximate surface area is 131 Å². The number of methoxy groups -OCH3 is 1. The van der Waals surface area contributed by atoms with Crippen LogP contribution in [0, 0.1) is 5.89 Å². The third-order valence-electron chi connectivity index (χ3n) is 3.09. The maximum atomic E-state index is 11.7. The number of ether oxygens (including phenoxy) is 1. The van der Waals surface area contributed by atoms with E-state index in [-0.39, 0.29) is 30.6 Å². The van der Waals surface area contributed by atoms with Gasteiger partial charge in [0.2, 0.25) is 0 Å². The minimum atomic E-state index is -2.98. The van der Waals surface area contributed by atoms with Crippen molar-refractivity contribution in [2.75, 3.05) is 27.6 Å². The van der Waals surface area contributed by atoms with Crippen molar-refractivity contribution in [2.45, 2.75) is 31.2 Å². The first-order valence-corrected chi connectivity index (χ1v) is 6.05. The zero-order valence-corrected chi connectivity index (χ0v) is 10.7. The van der Waals surface area contributed by atoms with E-state index in [1.807, 2.05) is 0 Å². The molecule has 1 aliphatic carbocycles. The van der Waals surface area contributed by atoms with Gasteiger partial charge in [-0.1, -0.05) is 25.0 Å². The average Bonchev–Trinajstić information content (AvgIpc) is 2.56. The molecule has 1 aromatic rings. The Morgan fingerprint density at radius 2 is 2.58 bits per heavy atom. The Balaban J connectivity index is 2.72. The molecule has 1 saturated carbocycles. The summed E-state index contributed by atoms with van der Waals surface area (Å²) >= 11 is 0. The van der Waals surface area contributed by atoms with Crippen molar-refractivity contribution in [1.29, 1.82) is 0 Å². The summed E-state index contributed by atoms with van der Waals surface area (Å²) in [6.45, 7) is -5.93.